The zero-order chi connectivity index (χ0) is 50.7. The van der Waals surface area contributed by atoms with Gasteiger partial charge in [0, 0.05) is 89.7 Å². The third-order valence-electron chi connectivity index (χ3n) is 16.5. The molecule has 0 bridgehead atoms. The number of rotatable bonds is 16. The summed E-state index contributed by atoms with van der Waals surface area (Å²) in [6.45, 7) is 22.2. The van der Waals surface area contributed by atoms with Gasteiger partial charge in [0.25, 0.3) is 0 Å². The highest BCUT2D eigenvalue weighted by Gasteiger charge is 2.47. The predicted octanol–water partition coefficient (Wildman–Crippen LogP) is 14.5. The Morgan fingerprint density at radius 1 is 0.486 bits per heavy atom. The summed E-state index contributed by atoms with van der Waals surface area (Å²) in [5, 5.41) is 0. The van der Waals surface area contributed by atoms with Gasteiger partial charge in [-0.2, -0.15) is 9.15 Å². The van der Waals surface area contributed by atoms with Crippen LogP contribution in [0.5, 0.6) is 11.5 Å². The molecular weight excluding hydrogens is 881 g/mol. The summed E-state index contributed by atoms with van der Waals surface area (Å²) in [6.07, 6.45) is 13.5. The lowest BCUT2D eigenvalue weighted by atomic mass is 9.78. The van der Waals surface area contributed by atoms with Crippen LogP contribution in [-0.2, 0) is 21.7 Å². The first-order valence-corrected chi connectivity index (χ1v) is 26.5. The molecule has 6 aromatic rings. The second-order valence-corrected chi connectivity index (χ2v) is 22.4. The first-order chi connectivity index (χ1) is 34.6. The first kappa shape index (κ1) is 50.3. The summed E-state index contributed by atoms with van der Waals surface area (Å²) in [4.78, 5) is 5.09. The molecule has 6 nitrogen and oxygen atoms in total. The molecular formula is C66H78N4O2+2. The van der Waals surface area contributed by atoms with Crippen LogP contribution in [0.15, 0.2) is 182 Å². The largest absolute Gasteiger partial charge is 0.494 e. The molecule has 0 saturated heterocycles. The van der Waals surface area contributed by atoms with E-state index in [1.54, 1.807) is 0 Å². The van der Waals surface area contributed by atoms with E-state index < -0.39 is 0 Å². The third-order valence-corrected chi connectivity index (χ3v) is 16.5. The average Bonchev–Trinajstić information content (AvgIpc) is 3.91. The lowest BCUT2D eigenvalue weighted by molar-refractivity contribution is -0.438. The van der Waals surface area contributed by atoms with E-state index in [2.05, 4.69) is 210 Å². The molecule has 2 unspecified atom stereocenters. The average molecular weight is 959 g/mol. The normalized spacial score (nSPS) is 19.6. The second kappa shape index (κ2) is 20.8. The van der Waals surface area contributed by atoms with Crippen LogP contribution in [0.25, 0.3) is 0 Å². The van der Waals surface area contributed by atoms with Crippen LogP contribution >= 0.6 is 0 Å². The summed E-state index contributed by atoms with van der Waals surface area (Å²) in [6, 6.07) is 56.6. The van der Waals surface area contributed by atoms with Crippen LogP contribution in [0.4, 0.5) is 22.7 Å². The fourth-order valence-corrected chi connectivity index (χ4v) is 12.5. The summed E-state index contributed by atoms with van der Waals surface area (Å²) < 4.78 is 17.0. The molecule has 0 fully saturated rings. The van der Waals surface area contributed by atoms with Crippen molar-refractivity contribution in [2.75, 3.05) is 50.2 Å². The van der Waals surface area contributed by atoms with Gasteiger partial charge in [0.2, 0.25) is 11.4 Å². The van der Waals surface area contributed by atoms with E-state index in [1.807, 2.05) is 60.7 Å². The molecule has 72 heavy (non-hydrogen) atoms. The summed E-state index contributed by atoms with van der Waals surface area (Å²) in [5.74, 6) is 1.87. The van der Waals surface area contributed by atoms with E-state index in [1.165, 1.54) is 56.4 Å². The Kier molecular flexibility index (Phi) is 14.5. The Hall–Kier alpha value is -6.66. The maximum Gasteiger partial charge on any atom is 0.209 e. The number of benzene rings is 6. The van der Waals surface area contributed by atoms with Gasteiger partial charge in [-0.15, -0.1) is 0 Å². The maximum atomic E-state index is 6.06. The fraction of sp³-hybridized carbons (Fsp3) is 0.364. The van der Waals surface area contributed by atoms with Crippen molar-refractivity contribution in [3.05, 3.63) is 204 Å². The minimum absolute atomic E-state index is 0.0362. The maximum absolute atomic E-state index is 6.06. The van der Waals surface area contributed by atoms with Crippen LogP contribution in [-0.4, -0.2) is 73.1 Å². The molecule has 6 aromatic carbocycles. The van der Waals surface area contributed by atoms with E-state index in [4.69, 9.17) is 9.47 Å². The van der Waals surface area contributed by atoms with E-state index in [9.17, 15) is 0 Å². The van der Waals surface area contributed by atoms with Crippen LogP contribution in [0.1, 0.15) is 103 Å². The summed E-state index contributed by atoms with van der Waals surface area (Å²) in [7, 11) is 4.43. The highest BCUT2D eigenvalue weighted by atomic mass is 16.5. The topological polar surface area (TPSA) is 31.0 Å². The van der Waals surface area contributed by atoms with Gasteiger partial charge in [-0.05, 0) is 94.5 Å². The summed E-state index contributed by atoms with van der Waals surface area (Å²) in [5.41, 5.74) is 14.0. The molecule has 10 rings (SSSR count). The minimum atomic E-state index is -0.0734. The molecule has 0 N–H and O–H groups in total. The van der Waals surface area contributed by atoms with Crippen molar-refractivity contribution in [2.45, 2.75) is 115 Å². The lowest BCUT2D eigenvalue weighted by Crippen LogP contribution is -2.42. The Labute approximate surface area is 431 Å². The number of hydrogen-bond donors (Lipinski definition) is 0. The third kappa shape index (κ3) is 9.70. The molecule has 0 amide bonds. The van der Waals surface area contributed by atoms with Gasteiger partial charge < -0.3 is 19.3 Å². The smallest absolute Gasteiger partial charge is 0.209 e. The SMILES string of the molecule is CC1(C)C(C=CCC2N(CCCOc3ccccc3)c3ccccc3C2(C)C)=[N+](CCCOc2ccccc2)c2ccccc21.CN1c2ccccc2C(C)(C)C1CC=CC1=[N+](C)c2ccccc2C1(C)C. The van der Waals surface area contributed by atoms with Crippen molar-refractivity contribution >= 4 is 34.2 Å². The molecule has 0 radical (unpaired) electrons. The van der Waals surface area contributed by atoms with Crippen molar-refractivity contribution < 1.29 is 18.6 Å². The number of hydrogen-bond acceptors (Lipinski definition) is 4. The molecule has 0 aromatic heterocycles. The zero-order valence-electron chi connectivity index (χ0n) is 44.7. The zero-order valence-corrected chi connectivity index (χ0v) is 44.7. The van der Waals surface area contributed by atoms with E-state index in [0.717, 1.165) is 50.3 Å². The van der Waals surface area contributed by atoms with Gasteiger partial charge >= 0.3 is 0 Å². The van der Waals surface area contributed by atoms with Crippen LogP contribution in [0.3, 0.4) is 0 Å². The Bertz CT molecular complexity index is 2980. The number of anilines is 2. The number of ether oxygens (including phenoxy) is 2. The van der Waals surface area contributed by atoms with Crippen LogP contribution in [0.2, 0.25) is 0 Å². The highest BCUT2D eigenvalue weighted by Crippen LogP contribution is 2.48. The van der Waals surface area contributed by atoms with Gasteiger partial charge in [0.05, 0.1) is 24.0 Å². The van der Waals surface area contributed by atoms with Crippen molar-refractivity contribution in [1.29, 1.82) is 0 Å². The first-order valence-electron chi connectivity index (χ1n) is 26.5. The van der Waals surface area contributed by atoms with Crippen molar-refractivity contribution in [2.24, 2.45) is 0 Å². The second-order valence-electron chi connectivity index (χ2n) is 22.4. The molecule has 372 valence electrons. The molecule has 0 spiro atoms. The number of nitrogens with zero attached hydrogens (tertiary/aromatic N) is 4. The predicted molar refractivity (Wildman–Crippen MR) is 302 cm³/mol. The molecule has 4 aliphatic heterocycles. The quantitative estimate of drug-likeness (QED) is 0.0714. The molecule has 0 saturated carbocycles. The number of para-hydroxylation sites is 6. The van der Waals surface area contributed by atoms with Crippen LogP contribution in [0, 0.1) is 0 Å². The molecule has 4 heterocycles. The highest BCUT2D eigenvalue weighted by molar-refractivity contribution is 6.03. The van der Waals surface area contributed by atoms with E-state index in [-0.39, 0.29) is 21.7 Å². The van der Waals surface area contributed by atoms with Crippen molar-refractivity contribution in [3.63, 3.8) is 0 Å². The fourth-order valence-electron chi connectivity index (χ4n) is 12.5. The van der Waals surface area contributed by atoms with Gasteiger partial charge in [-0.1, -0.05) is 149 Å². The number of fused-ring (bicyclic) bond motifs is 4. The minimum Gasteiger partial charge on any atom is -0.494 e. The molecule has 2 atom stereocenters. The van der Waals surface area contributed by atoms with E-state index >= 15 is 0 Å². The monoisotopic (exact) mass is 959 g/mol. The molecule has 4 aliphatic rings. The Balaban J connectivity index is 0.000000201. The van der Waals surface area contributed by atoms with Gasteiger partial charge in [0.1, 0.15) is 18.5 Å². The van der Waals surface area contributed by atoms with Crippen molar-refractivity contribution in [3.8, 4) is 11.5 Å². The Morgan fingerprint density at radius 2 is 0.931 bits per heavy atom. The van der Waals surface area contributed by atoms with Gasteiger partial charge in [0.15, 0.2) is 18.0 Å². The summed E-state index contributed by atoms with van der Waals surface area (Å²) >= 11 is 0. The standard InChI is InChI=1S/C41H47N2O2.C25H31N2/c1-40(2)34-22-11-13-24-36(34)42(28-16-30-44-32-18-7-5-8-19-32)38(40)26-15-27-39-41(3,4)35-23-12-14-25-37(35)43(39)29-17-31-45-33-20-9-6-10-21-33;1-24(2)18-12-7-9-14-20(18)26(5)22(24)16-11-17-23-25(3,4)19-13-8-10-15-21(19)27(23)6/h5-15,18-26,39H,16-17,27-31H2,1-4H3;7-16,23H,17H2,1-6H3/q2*+1. The Morgan fingerprint density at radius 3 is 1.53 bits per heavy atom. The number of likely N-dealkylation sites (N-methyl/N-ethyl adjacent to an activating group) is 1. The molecule has 0 aliphatic carbocycles. The van der Waals surface area contributed by atoms with Crippen molar-refractivity contribution in [1.82, 2.24) is 0 Å². The van der Waals surface area contributed by atoms with Gasteiger partial charge in [-0.3, -0.25) is 0 Å². The molecule has 6 heteroatoms. The lowest BCUT2D eigenvalue weighted by Gasteiger charge is -2.34. The van der Waals surface area contributed by atoms with Crippen LogP contribution < -0.4 is 19.3 Å². The number of allylic oxidation sites excluding steroid dienone is 2. The van der Waals surface area contributed by atoms with E-state index in [0.29, 0.717) is 25.3 Å². The van der Waals surface area contributed by atoms with Gasteiger partial charge in [-0.25, -0.2) is 0 Å².